The van der Waals surface area contributed by atoms with Crippen molar-refractivity contribution in [2.45, 2.75) is 26.7 Å². The second-order valence-electron chi connectivity index (χ2n) is 8.10. The van der Waals surface area contributed by atoms with Crippen LogP contribution in [0.1, 0.15) is 29.5 Å². The first-order valence-electron chi connectivity index (χ1n) is 10.2. The van der Waals surface area contributed by atoms with Crippen molar-refractivity contribution in [1.82, 2.24) is 4.90 Å². The van der Waals surface area contributed by atoms with Crippen LogP contribution in [0.25, 0.3) is 5.57 Å². The van der Waals surface area contributed by atoms with Crippen molar-refractivity contribution in [2.24, 2.45) is 5.92 Å². The summed E-state index contributed by atoms with van der Waals surface area (Å²) >= 11 is 0. The Morgan fingerprint density at radius 1 is 1.07 bits per heavy atom. The first kappa shape index (κ1) is 20.3. The molecule has 2 aromatic carbocycles. The molecule has 1 atom stereocenters. The number of aliphatic hydroxyl groups is 1. The van der Waals surface area contributed by atoms with Crippen LogP contribution in [0.2, 0.25) is 0 Å². The van der Waals surface area contributed by atoms with Gasteiger partial charge in [0, 0.05) is 19.7 Å². The average Bonchev–Trinajstić information content (AvgIpc) is 3.00. The van der Waals surface area contributed by atoms with Gasteiger partial charge in [0.25, 0.3) is 11.8 Å². The third-order valence-corrected chi connectivity index (χ3v) is 5.89. The van der Waals surface area contributed by atoms with Gasteiger partial charge in [0.05, 0.1) is 11.3 Å². The van der Waals surface area contributed by atoms with Crippen molar-refractivity contribution >= 4 is 23.1 Å². The van der Waals surface area contributed by atoms with Crippen LogP contribution < -0.4 is 4.90 Å². The number of likely N-dealkylation sites (tertiary alicyclic amines) is 1. The normalized spacial score (nSPS) is 19.8. The number of rotatable bonds is 4. The minimum atomic E-state index is -0.401. The Balaban J connectivity index is 1.84. The number of nitrogens with zero attached hydrogens (tertiary/aromatic N) is 2. The van der Waals surface area contributed by atoms with Crippen LogP contribution in [-0.2, 0) is 9.59 Å². The van der Waals surface area contributed by atoms with E-state index in [1.165, 1.54) is 29.2 Å². The van der Waals surface area contributed by atoms with Gasteiger partial charge >= 0.3 is 0 Å². The van der Waals surface area contributed by atoms with E-state index in [1.54, 1.807) is 0 Å². The summed E-state index contributed by atoms with van der Waals surface area (Å²) in [7, 11) is 0. The van der Waals surface area contributed by atoms with E-state index < -0.39 is 11.7 Å². The highest BCUT2D eigenvalue weighted by molar-refractivity contribution is 6.45. The molecule has 1 N–H and O–H groups in total. The average molecular weight is 408 g/mol. The summed E-state index contributed by atoms with van der Waals surface area (Å²) in [6, 6.07) is 11.3. The van der Waals surface area contributed by atoms with Gasteiger partial charge in [-0.1, -0.05) is 24.3 Å². The molecule has 0 aromatic heterocycles. The molecule has 2 heterocycles. The Morgan fingerprint density at radius 2 is 1.80 bits per heavy atom. The third-order valence-electron chi connectivity index (χ3n) is 5.89. The van der Waals surface area contributed by atoms with Crippen LogP contribution in [-0.4, -0.2) is 41.5 Å². The molecule has 2 aromatic rings. The molecular weight excluding hydrogens is 383 g/mol. The topological polar surface area (TPSA) is 60.9 Å². The molecule has 1 fully saturated rings. The van der Waals surface area contributed by atoms with Crippen LogP contribution in [0.4, 0.5) is 10.1 Å². The molecule has 0 radical (unpaired) electrons. The number of aliphatic hydroxyl groups excluding tert-OH is 1. The molecule has 2 aliphatic rings. The number of aryl methyl sites for hydroxylation is 2. The van der Waals surface area contributed by atoms with Crippen molar-refractivity contribution in [3.63, 3.8) is 0 Å². The lowest BCUT2D eigenvalue weighted by molar-refractivity contribution is -0.120. The lowest BCUT2D eigenvalue weighted by Crippen LogP contribution is -2.40. The Morgan fingerprint density at radius 3 is 2.50 bits per heavy atom. The van der Waals surface area contributed by atoms with Crippen molar-refractivity contribution in [3.05, 3.63) is 70.7 Å². The Hall–Kier alpha value is -2.99. The summed E-state index contributed by atoms with van der Waals surface area (Å²) < 4.78 is 13.5. The second kappa shape index (κ2) is 8.03. The van der Waals surface area contributed by atoms with Crippen LogP contribution in [0, 0.1) is 25.6 Å². The minimum Gasteiger partial charge on any atom is -0.396 e. The highest BCUT2D eigenvalue weighted by Gasteiger charge is 2.43. The zero-order chi connectivity index (χ0) is 21.4. The van der Waals surface area contributed by atoms with Gasteiger partial charge in [0.1, 0.15) is 11.5 Å². The van der Waals surface area contributed by atoms with E-state index in [0.717, 1.165) is 24.0 Å². The molecule has 6 heteroatoms. The van der Waals surface area contributed by atoms with E-state index in [1.807, 2.05) is 36.9 Å². The SMILES string of the molecule is Cc1ccc(C)c(N2C(=O)C(c3ccc(F)cc3)=C(N3CCCC(CO)C3)C2=O)c1. The monoisotopic (exact) mass is 408 g/mol. The molecule has 30 heavy (non-hydrogen) atoms. The number of piperidine rings is 1. The second-order valence-corrected chi connectivity index (χ2v) is 8.10. The molecule has 2 amide bonds. The fourth-order valence-electron chi connectivity index (χ4n) is 4.28. The number of carbonyl (C=O) groups is 2. The van der Waals surface area contributed by atoms with Gasteiger partial charge in [-0.25, -0.2) is 9.29 Å². The van der Waals surface area contributed by atoms with Gasteiger partial charge < -0.3 is 10.0 Å². The van der Waals surface area contributed by atoms with E-state index in [9.17, 15) is 19.1 Å². The summed E-state index contributed by atoms with van der Waals surface area (Å²) in [5.74, 6) is -1.12. The maximum atomic E-state index is 13.6. The fourth-order valence-corrected chi connectivity index (χ4v) is 4.28. The molecule has 156 valence electrons. The molecule has 0 aliphatic carbocycles. The zero-order valence-corrected chi connectivity index (χ0v) is 17.2. The van der Waals surface area contributed by atoms with Crippen molar-refractivity contribution in [3.8, 4) is 0 Å². The number of imide groups is 1. The summed E-state index contributed by atoms with van der Waals surface area (Å²) in [5, 5.41) is 9.63. The lowest BCUT2D eigenvalue weighted by atomic mass is 9.97. The molecule has 2 aliphatic heterocycles. The summed E-state index contributed by atoms with van der Waals surface area (Å²) in [6.07, 6.45) is 1.71. The smallest absolute Gasteiger partial charge is 0.282 e. The predicted molar refractivity (Wildman–Crippen MR) is 113 cm³/mol. The number of anilines is 1. The van der Waals surface area contributed by atoms with Gasteiger partial charge in [0.2, 0.25) is 0 Å². The predicted octanol–water partition coefficient (Wildman–Crippen LogP) is 3.43. The number of benzene rings is 2. The Labute approximate surface area is 175 Å². The number of hydrogen-bond acceptors (Lipinski definition) is 4. The summed E-state index contributed by atoms with van der Waals surface area (Å²) in [6.45, 7) is 4.97. The largest absolute Gasteiger partial charge is 0.396 e. The van der Waals surface area contributed by atoms with Gasteiger partial charge in [-0.05, 0) is 67.5 Å². The van der Waals surface area contributed by atoms with Gasteiger partial charge in [-0.2, -0.15) is 0 Å². The fraction of sp³-hybridized carbons (Fsp3) is 0.333. The zero-order valence-electron chi connectivity index (χ0n) is 17.2. The first-order chi connectivity index (χ1) is 14.4. The molecule has 1 saturated heterocycles. The molecule has 0 bridgehead atoms. The van der Waals surface area contributed by atoms with E-state index in [2.05, 4.69) is 0 Å². The van der Waals surface area contributed by atoms with E-state index in [-0.39, 0.29) is 18.4 Å². The first-order valence-corrected chi connectivity index (χ1v) is 10.2. The quantitative estimate of drug-likeness (QED) is 0.788. The van der Waals surface area contributed by atoms with Crippen LogP contribution in [0.15, 0.2) is 48.2 Å². The van der Waals surface area contributed by atoms with Crippen LogP contribution in [0.5, 0.6) is 0 Å². The summed E-state index contributed by atoms with van der Waals surface area (Å²) in [5.41, 5.74) is 3.49. The number of carbonyl (C=O) groups excluding carboxylic acids is 2. The van der Waals surface area contributed by atoms with Crippen molar-refractivity contribution < 1.29 is 19.1 Å². The number of amides is 2. The minimum absolute atomic E-state index is 0.0402. The number of halogens is 1. The molecule has 0 saturated carbocycles. The molecular formula is C24H25FN2O3. The van der Waals surface area contributed by atoms with E-state index >= 15 is 0 Å². The molecule has 0 spiro atoms. The highest BCUT2D eigenvalue weighted by atomic mass is 19.1. The van der Waals surface area contributed by atoms with Crippen molar-refractivity contribution in [1.29, 1.82) is 0 Å². The van der Waals surface area contributed by atoms with E-state index in [4.69, 9.17) is 0 Å². The van der Waals surface area contributed by atoms with Gasteiger partial charge in [0.15, 0.2) is 0 Å². The van der Waals surface area contributed by atoms with Gasteiger partial charge in [-0.3, -0.25) is 9.59 Å². The molecule has 1 unspecified atom stereocenters. The van der Waals surface area contributed by atoms with E-state index in [0.29, 0.717) is 35.6 Å². The lowest BCUT2D eigenvalue weighted by Gasteiger charge is -2.34. The Kier molecular flexibility index (Phi) is 5.43. The maximum Gasteiger partial charge on any atom is 0.282 e. The van der Waals surface area contributed by atoms with Crippen molar-refractivity contribution in [2.75, 3.05) is 24.6 Å². The standard InChI is InChI=1S/C24H25FN2O3/c1-15-5-6-16(2)20(12-15)27-23(29)21(18-7-9-19(25)10-8-18)22(24(27)30)26-11-3-4-17(13-26)14-28/h5-10,12,17,28H,3-4,11,13-14H2,1-2H3. The molecule has 5 nitrogen and oxygen atoms in total. The van der Waals surface area contributed by atoms with Gasteiger partial charge in [-0.15, -0.1) is 0 Å². The maximum absolute atomic E-state index is 13.6. The summed E-state index contributed by atoms with van der Waals surface area (Å²) in [4.78, 5) is 30.3. The van der Waals surface area contributed by atoms with Crippen LogP contribution in [0.3, 0.4) is 0 Å². The highest BCUT2D eigenvalue weighted by Crippen LogP contribution is 2.37. The Bertz CT molecular complexity index is 1030. The van der Waals surface area contributed by atoms with Crippen LogP contribution >= 0.6 is 0 Å². The number of hydrogen-bond donors (Lipinski definition) is 1. The molecule has 4 rings (SSSR count). The third kappa shape index (κ3) is 3.52.